The fraction of sp³-hybridized carbons (Fsp3) is 0.158. The lowest BCUT2D eigenvalue weighted by molar-refractivity contribution is -0.135. The predicted octanol–water partition coefficient (Wildman–Crippen LogP) is 2.93. The largest absolute Gasteiger partial charge is 0.469 e. The SMILES string of the molecule is C=C1OC2(CC1=O)C(=O)N(Cc1ccccc1)c1ccccc12. The molecule has 2 heterocycles. The van der Waals surface area contributed by atoms with Crippen LogP contribution in [0.1, 0.15) is 17.5 Å². The van der Waals surface area contributed by atoms with Crippen molar-refractivity contribution in [1.29, 1.82) is 0 Å². The third-order valence-corrected chi connectivity index (χ3v) is 4.42. The number of amides is 1. The van der Waals surface area contributed by atoms with Gasteiger partial charge in [0.1, 0.15) is 0 Å². The molecule has 23 heavy (non-hydrogen) atoms. The normalized spacial score (nSPS) is 22.6. The zero-order chi connectivity index (χ0) is 16.0. The molecular weight excluding hydrogens is 290 g/mol. The van der Waals surface area contributed by atoms with Crippen LogP contribution in [0.2, 0.25) is 0 Å². The van der Waals surface area contributed by atoms with Crippen LogP contribution in [0.25, 0.3) is 0 Å². The Morgan fingerprint density at radius 2 is 1.74 bits per heavy atom. The third-order valence-electron chi connectivity index (χ3n) is 4.42. The van der Waals surface area contributed by atoms with E-state index in [-0.39, 0.29) is 23.9 Å². The van der Waals surface area contributed by atoms with Gasteiger partial charge in [0, 0.05) is 5.56 Å². The van der Waals surface area contributed by atoms with Crippen molar-refractivity contribution in [3.05, 3.63) is 78.1 Å². The molecule has 4 heteroatoms. The lowest BCUT2D eigenvalue weighted by Crippen LogP contribution is -2.39. The molecule has 1 amide bonds. The first-order valence-corrected chi connectivity index (χ1v) is 7.48. The summed E-state index contributed by atoms with van der Waals surface area (Å²) in [7, 11) is 0. The van der Waals surface area contributed by atoms with Crippen molar-refractivity contribution in [2.75, 3.05) is 4.90 Å². The Morgan fingerprint density at radius 3 is 2.43 bits per heavy atom. The molecule has 0 saturated carbocycles. The second-order valence-corrected chi connectivity index (χ2v) is 5.85. The third kappa shape index (κ3) is 1.91. The molecule has 4 nitrogen and oxygen atoms in total. The molecule has 0 radical (unpaired) electrons. The van der Waals surface area contributed by atoms with Gasteiger partial charge in [0.05, 0.1) is 18.7 Å². The Hall–Kier alpha value is -2.88. The van der Waals surface area contributed by atoms with E-state index in [2.05, 4.69) is 6.58 Å². The van der Waals surface area contributed by atoms with Gasteiger partial charge in [0.15, 0.2) is 5.76 Å². The van der Waals surface area contributed by atoms with Gasteiger partial charge in [-0.05, 0) is 11.6 Å². The maximum Gasteiger partial charge on any atom is 0.276 e. The number of anilines is 1. The van der Waals surface area contributed by atoms with E-state index in [1.807, 2.05) is 54.6 Å². The van der Waals surface area contributed by atoms with E-state index in [4.69, 9.17) is 4.74 Å². The van der Waals surface area contributed by atoms with Gasteiger partial charge in [-0.3, -0.25) is 9.59 Å². The van der Waals surface area contributed by atoms with Gasteiger partial charge < -0.3 is 9.64 Å². The summed E-state index contributed by atoms with van der Waals surface area (Å²) in [6, 6.07) is 17.2. The minimum absolute atomic E-state index is 0.0208. The molecule has 0 N–H and O–H groups in total. The van der Waals surface area contributed by atoms with Crippen LogP contribution >= 0.6 is 0 Å². The number of Topliss-reactive ketones (excluding diaryl/α,β-unsaturated/α-hetero) is 1. The maximum atomic E-state index is 13.1. The van der Waals surface area contributed by atoms with Crippen molar-refractivity contribution in [2.45, 2.75) is 18.6 Å². The highest BCUT2D eigenvalue weighted by molar-refractivity contribution is 6.12. The number of hydrogen-bond acceptors (Lipinski definition) is 3. The Balaban J connectivity index is 1.80. The van der Waals surface area contributed by atoms with Crippen molar-refractivity contribution >= 4 is 17.4 Å². The molecule has 0 aliphatic carbocycles. The van der Waals surface area contributed by atoms with Crippen molar-refractivity contribution < 1.29 is 14.3 Å². The van der Waals surface area contributed by atoms with Gasteiger partial charge in [-0.15, -0.1) is 0 Å². The lowest BCUT2D eigenvalue weighted by atomic mass is 9.92. The summed E-state index contributed by atoms with van der Waals surface area (Å²) in [6.45, 7) is 4.07. The van der Waals surface area contributed by atoms with Crippen molar-refractivity contribution in [3.8, 4) is 0 Å². The van der Waals surface area contributed by atoms with Gasteiger partial charge in [-0.1, -0.05) is 55.1 Å². The molecule has 1 spiro atoms. The van der Waals surface area contributed by atoms with E-state index >= 15 is 0 Å². The molecule has 1 unspecified atom stereocenters. The highest BCUT2D eigenvalue weighted by atomic mass is 16.5. The first-order valence-electron chi connectivity index (χ1n) is 7.48. The molecule has 1 saturated heterocycles. The molecule has 0 aromatic heterocycles. The molecule has 2 aromatic rings. The van der Waals surface area contributed by atoms with Crippen LogP contribution < -0.4 is 4.90 Å². The van der Waals surface area contributed by atoms with Crippen molar-refractivity contribution in [2.24, 2.45) is 0 Å². The number of allylic oxidation sites excluding steroid dienone is 1. The van der Waals surface area contributed by atoms with Crippen LogP contribution in [0.5, 0.6) is 0 Å². The van der Waals surface area contributed by atoms with Gasteiger partial charge in [0.2, 0.25) is 11.4 Å². The zero-order valence-electron chi connectivity index (χ0n) is 12.5. The van der Waals surface area contributed by atoms with E-state index in [0.29, 0.717) is 6.54 Å². The standard InChI is InChI=1S/C19H15NO3/c1-13-17(21)11-19(23-13)15-9-5-6-10-16(15)20(18(19)22)12-14-7-3-2-4-8-14/h2-10H,1,11-12H2. The Labute approximate surface area is 134 Å². The summed E-state index contributed by atoms with van der Waals surface area (Å²) in [6.07, 6.45) is 0.0208. The molecule has 2 aliphatic heterocycles. The van der Waals surface area contributed by atoms with E-state index in [0.717, 1.165) is 16.8 Å². The van der Waals surface area contributed by atoms with Crippen LogP contribution in [0, 0.1) is 0 Å². The number of benzene rings is 2. The Bertz CT molecular complexity index is 810. The number of carbonyl (C=O) groups excluding carboxylic acids is 2. The van der Waals surface area contributed by atoms with Gasteiger partial charge in [-0.2, -0.15) is 0 Å². The van der Waals surface area contributed by atoms with Gasteiger partial charge in [0.25, 0.3) is 5.91 Å². The van der Waals surface area contributed by atoms with Crippen molar-refractivity contribution in [3.63, 3.8) is 0 Å². The average molecular weight is 305 g/mol. The number of ketones is 1. The van der Waals surface area contributed by atoms with Crippen LogP contribution in [-0.4, -0.2) is 11.7 Å². The summed E-state index contributed by atoms with van der Waals surface area (Å²) >= 11 is 0. The summed E-state index contributed by atoms with van der Waals surface area (Å²) < 4.78 is 5.69. The second-order valence-electron chi connectivity index (χ2n) is 5.85. The van der Waals surface area contributed by atoms with E-state index < -0.39 is 5.60 Å². The number of rotatable bonds is 2. The summed E-state index contributed by atoms with van der Waals surface area (Å²) in [4.78, 5) is 26.7. The van der Waals surface area contributed by atoms with Crippen LogP contribution in [0.15, 0.2) is 66.9 Å². The molecular formula is C19H15NO3. The number of hydrogen-bond donors (Lipinski definition) is 0. The number of nitrogens with zero attached hydrogens (tertiary/aromatic N) is 1. The molecule has 114 valence electrons. The molecule has 4 rings (SSSR count). The summed E-state index contributed by atoms with van der Waals surface area (Å²) in [5.41, 5.74) is 1.33. The number of carbonyl (C=O) groups is 2. The summed E-state index contributed by atoms with van der Waals surface area (Å²) in [5, 5.41) is 0. The van der Waals surface area contributed by atoms with Gasteiger partial charge >= 0.3 is 0 Å². The predicted molar refractivity (Wildman–Crippen MR) is 85.6 cm³/mol. The highest BCUT2D eigenvalue weighted by Crippen LogP contribution is 2.49. The second kappa shape index (κ2) is 4.81. The molecule has 2 aliphatic rings. The minimum atomic E-state index is -1.24. The molecule has 0 bridgehead atoms. The highest BCUT2D eigenvalue weighted by Gasteiger charge is 2.58. The van der Waals surface area contributed by atoms with Crippen LogP contribution in [0.4, 0.5) is 5.69 Å². The van der Waals surface area contributed by atoms with E-state index in [9.17, 15) is 9.59 Å². The minimum Gasteiger partial charge on any atom is -0.469 e. The van der Waals surface area contributed by atoms with Crippen molar-refractivity contribution in [1.82, 2.24) is 0 Å². The Morgan fingerprint density at radius 1 is 1.04 bits per heavy atom. The topological polar surface area (TPSA) is 46.6 Å². The number of ether oxygens (including phenoxy) is 1. The van der Waals surface area contributed by atoms with Crippen LogP contribution in [-0.2, 0) is 26.5 Å². The molecule has 2 aromatic carbocycles. The first-order chi connectivity index (χ1) is 11.1. The number of fused-ring (bicyclic) bond motifs is 2. The fourth-order valence-corrected chi connectivity index (χ4v) is 3.31. The quantitative estimate of drug-likeness (QED) is 0.801. The molecule has 1 atom stereocenters. The average Bonchev–Trinajstić information content (AvgIpc) is 2.99. The van der Waals surface area contributed by atoms with E-state index in [1.165, 1.54) is 0 Å². The summed E-state index contributed by atoms with van der Waals surface area (Å²) in [5.74, 6) is -0.348. The fourth-order valence-electron chi connectivity index (χ4n) is 3.31. The first kappa shape index (κ1) is 13.8. The smallest absolute Gasteiger partial charge is 0.276 e. The van der Waals surface area contributed by atoms with Crippen LogP contribution in [0.3, 0.4) is 0 Å². The maximum absolute atomic E-state index is 13.1. The number of para-hydroxylation sites is 1. The Kier molecular flexibility index (Phi) is 2.88. The zero-order valence-corrected chi connectivity index (χ0v) is 12.5. The van der Waals surface area contributed by atoms with Gasteiger partial charge in [-0.25, -0.2) is 0 Å². The van der Waals surface area contributed by atoms with E-state index in [1.54, 1.807) is 4.90 Å². The monoisotopic (exact) mass is 305 g/mol. The molecule has 1 fully saturated rings. The lowest BCUT2D eigenvalue weighted by Gasteiger charge is -2.22.